The molecule has 1 aliphatic heterocycles. The largest absolute Gasteiger partial charge is 0.419 e. The molecule has 0 aliphatic carbocycles. The van der Waals surface area contributed by atoms with E-state index in [1.54, 1.807) is 27.1 Å². The summed E-state index contributed by atoms with van der Waals surface area (Å²) in [4.78, 5) is 14.3. The maximum atomic E-state index is 12.7. The summed E-state index contributed by atoms with van der Waals surface area (Å²) in [6.07, 6.45) is 0.800. The van der Waals surface area contributed by atoms with Crippen LogP contribution < -0.4 is 5.76 Å². The molecule has 0 bridgehead atoms. The molecule has 28 heavy (non-hydrogen) atoms. The lowest BCUT2D eigenvalue weighted by molar-refractivity contribution is 0.184. The highest BCUT2D eigenvalue weighted by Gasteiger charge is 2.29. The lowest BCUT2D eigenvalue weighted by Gasteiger charge is -2.33. The molecule has 0 amide bonds. The van der Waals surface area contributed by atoms with Crippen molar-refractivity contribution in [3.63, 3.8) is 0 Å². The van der Waals surface area contributed by atoms with Gasteiger partial charge in [0, 0.05) is 32.7 Å². The number of hydrogen-bond donors (Lipinski definition) is 0. The normalized spacial score (nSPS) is 16.8. The molecule has 7 nitrogen and oxygen atoms in total. The summed E-state index contributed by atoms with van der Waals surface area (Å²) < 4.78 is 35.0. The fourth-order valence-corrected chi connectivity index (χ4v) is 7.02. The van der Waals surface area contributed by atoms with Gasteiger partial charge in [0.1, 0.15) is 4.21 Å². The number of oxazole rings is 1. The zero-order valence-electron chi connectivity index (χ0n) is 15.1. The predicted octanol–water partition coefficient (Wildman–Crippen LogP) is 2.82. The second kappa shape index (κ2) is 8.11. The summed E-state index contributed by atoms with van der Waals surface area (Å²) in [7, 11) is -3.41. The third kappa shape index (κ3) is 3.97. The van der Waals surface area contributed by atoms with Crippen molar-refractivity contribution in [2.24, 2.45) is 0 Å². The Hall–Kier alpha value is -1.46. The van der Waals surface area contributed by atoms with Crippen LogP contribution in [0.1, 0.15) is 6.42 Å². The Bertz CT molecular complexity index is 1130. The molecule has 1 fully saturated rings. The number of para-hydroxylation sites is 2. The Balaban J connectivity index is 1.31. The van der Waals surface area contributed by atoms with Crippen LogP contribution in [0.25, 0.3) is 11.1 Å². The molecule has 0 unspecified atom stereocenters. The van der Waals surface area contributed by atoms with Gasteiger partial charge in [-0.25, -0.2) is 13.2 Å². The maximum Gasteiger partial charge on any atom is 0.419 e. The molecule has 3 heterocycles. The van der Waals surface area contributed by atoms with Gasteiger partial charge in [-0.2, -0.15) is 4.31 Å². The van der Waals surface area contributed by atoms with Crippen LogP contribution in [0, 0.1) is 0 Å². The van der Waals surface area contributed by atoms with Crippen LogP contribution in [-0.2, 0) is 16.6 Å². The van der Waals surface area contributed by atoms with Crippen molar-refractivity contribution >= 4 is 48.4 Å². The molecule has 4 rings (SSSR count). The van der Waals surface area contributed by atoms with Crippen molar-refractivity contribution in [1.29, 1.82) is 0 Å². The average Bonchev–Trinajstić information content (AvgIpc) is 3.26. The molecule has 150 valence electrons. The van der Waals surface area contributed by atoms with Gasteiger partial charge in [0.15, 0.2) is 5.58 Å². The van der Waals surface area contributed by atoms with E-state index in [0.717, 1.165) is 22.3 Å². The zero-order valence-corrected chi connectivity index (χ0v) is 18.3. The van der Waals surface area contributed by atoms with E-state index < -0.39 is 10.0 Å². The fraction of sp³-hybridized carbons (Fsp3) is 0.389. The van der Waals surface area contributed by atoms with E-state index >= 15 is 0 Å². The highest BCUT2D eigenvalue weighted by Crippen LogP contribution is 2.29. The Labute approximate surface area is 175 Å². The molecule has 0 spiro atoms. The zero-order chi connectivity index (χ0) is 19.7. The van der Waals surface area contributed by atoms with Crippen LogP contribution in [0.4, 0.5) is 0 Å². The highest BCUT2D eigenvalue weighted by atomic mass is 79.9. The summed E-state index contributed by atoms with van der Waals surface area (Å²) in [5, 5.41) is 0. The van der Waals surface area contributed by atoms with E-state index in [1.807, 2.05) is 18.2 Å². The Kier molecular flexibility index (Phi) is 5.75. The summed E-state index contributed by atoms with van der Waals surface area (Å²) in [6.45, 7) is 3.72. The second-order valence-electron chi connectivity index (χ2n) is 6.65. The van der Waals surface area contributed by atoms with Crippen LogP contribution in [0.5, 0.6) is 0 Å². The summed E-state index contributed by atoms with van der Waals surface area (Å²) in [5.74, 6) is -0.334. The first-order valence-electron chi connectivity index (χ1n) is 9.01. The standard InChI is InChI=1S/C18H20BrN3O4S2/c19-16-6-7-17(27-16)28(24,25)21-12-10-20(11-13-21)8-3-9-22-14-4-1-2-5-15(14)26-18(22)23/h1-2,4-7H,3,8-13H2. The summed E-state index contributed by atoms with van der Waals surface area (Å²) in [6, 6.07) is 10.8. The van der Waals surface area contributed by atoms with Crippen molar-refractivity contribution in [2.45, 2.75) is 17.2 Å². The number of nitrogens with zero attached hydrogens (tertiary/aromatic N) is 3. The van der Waals surface area contributed by atoms with Crippen LogP contribution in [0.3, 0.4) is 0 Å². The van der Waals surface area contributed by atoms with Crippen molar-refractivity contribution in [2.75, 3.05) is 32.7 Å². The van der Waals surface area contributed by atoms with Gasteiger partial charge in [-0.05, 0) is 53.2 Å². The third-order valence-electron chi connectivity index (χ3n) is 4.90. The van der Waals surface area contributed by atoms with Crippen molar-refractivity contribution in [3.8, 4) is 0 Å². The first-order valence-corrected chi connectivity index (χ1v) is 12.1. The molecule has 0 N–H and O–H groups in total. The molecular formula is C18H20BrN3O4S2. The summed E-state index contributed by atoms with van der Waals surface area (Å²) >= 11 is 4.56. The first-order chi connectivity index (χ1) is 13.4. The Morgan fingerprint density at radius 3 is 2.50 bits per heavy atom. The number of rotatable bonds is 6. The number of fused-ring (bicyclic) bond motifs is 1. The Morgan fingerprint density at radius 1 is 1.04 bits per heavy atom. The van der Waals surface area contributed by atoms with Gasteiger partial charge in [-0.15, -0.1) is 11.3 Å². The minimum absolute atomic E-state index is 0.334. The van der Waals surface area contributed by atoms with Crippen molar-refractivity contribution in [1.82, 2.24) is 13.8 Å². The molecule has 3 aromatic rings. The van der Waals surface area contributed by atoms with Crippen LogP contribution in [0.15, 0.2) is 53.6 Å². The number of benzene rings is 1. The number of thiophene rings is 1. The quantitative estimate of drug-likeness (QED) is 0.536. The molecule has 1 aliphatic rings. The number of aromatic nitrogens is 1. The van der Waals surface area contributed by atoms with E-state index in [1.165, 1.54) is 11.3 Å². The SMILES string of the molecule is O=c1oc2ccccc2n1CCCN1CCN(S(=O)(=O)c2ccc(Br)s2)CC1. The van der Waals surface area contributed by atoms with Gasteiger partial charge < -0.3 is 9.32 Å². The monoisotopic (exact) mass is 485 g/mol. The van der Waals surface area contributed by atoms with Crippen LogP contribution in [0.2, 0.25) is 0 Å². The van der Waals surface area contributed by atoms with E-state index in [4.69, 9.17) is 4.42 Å². The van der Waals surface area contributed by atoms with Gasteiger partial charge in [-0.1, -0.05) is 12.1 Å². The smallest absolute Gasteiger partial charge is 0.408 e. The number of piperazine rings is 1. The number of sulfonamides is 1. The molecule has 0 atom stereocenters. The lowest BCUT2D eigenvalue weighted by Crippen LogP contribution is -2.48. The van der Waals surface area contributed by atoms with Gasteiger partial charge >= 0.3 is 5.76 Å². The third-order valence-corrected chi connectivity index (χ3v) is 8.89. The number of halogens is 1. The summed E-state index contributed by atoms with van der Waals surface area (Å²) in [5.41, 5.74) is 1.41. The van der Waals surface area contributed by atoms with E-state index in [2.05, 4.69) is 20.8 Å². The maximum absolute atomic E-state index is 12.7. The van der Waals surface area contributed by atoms with Gasteiger partial charge in [0.2, 0.25) is 0 Å². The van der Waals surface area contributed by atoms with E-state index in [0.29, 0.717) is 42.5 Å². The highest BCUT2D eigenvalue weighted by molar-refractivity contribution is 9.11. The average molecular weight is 486 g/mol. The molecular weight excluding hydrogens is 466 g/mol. The molecule has 1 aromatic carbocycles. The van der Waals surface area contributed by atoms with E-state index in [9.17, 15) is 13.2 Å². The first kappa shape index (κ1) is 19.8. The van der Waals surface area contributed by atoms with E-state index in [-0.39, 0.29) is 5.76 Å². The fourth-order valence-electron chi connectivity index (χ4n) is 3.44. The molecule has 0 radical (unpaired) electrons. The van der Waals surface area contributed by atoms with Crippen molar-refractivity contribution in [3.05, 3.63) is 50.7 Å². The minimum atomic E-state index is -3.41. The van der Waals surface area contributed by atoms with Gasteiger partial charge in [0.05, 0.1) is 9.30 Å². The molecule has 10 heteroatoms. The minimum Gasteiger partial charge on any atom is -0.408 e. The second-order valence-corrected chi connectivity index (χ2v) is 11.3. The topological polar surface area (TPSA) is 75.8 Å². The van der Waals surface area contributed by atoms with Crippen molar-refractivity contribution < 1.29 is 12.8 Å². The Morgan fingerprint density at radius 2 is 1.79 bits per heavy atom. The predicted molar refractivity (Wildman–Crippen MR) is 112 cm³/mol. The molecule has 2 aromatic heterocycles. The van der Waals surface area contributed by atoms with Gasteiger partial charge in [-0.3, -0.25) is 4.57 Å². The number of hydrogen-bond acceptors (Lipinski definition) is 6. The van der Waals surface area contributed by atoms with Gasteiger partial charge in [0.25, 0.3) is 10.0 Å². The molecule has 0 saturated carbocycles. The lowest BCUT2D eigenvalue weighted by atomic mass is 10.3. The molecule has 1 saturated heterocycles. The number of aryl methyl sites for hydroxylation is 1. The van der Waals surface area contributed by atoms with Crippen LogP contribution >= 0.6 is 27.3 Å². The van der Waals surface area contributed by atoms with Crippen LogP contribution in [-0.4, -0.2) is 54.9 Å².